The maximum absolute atomic E-state index is 13.4. The Balaban J connectivity index is 2.17. The molecular formula is C12H13BrFNO. The number of halogens is 2. The number of amides is 1. The number of rotatable bonds is 2. The molecule has 1 saturated carbocycles. The fourth-order valence-corrected chi connectivity index (χ4v) is 2.21. The number of carbonyl (C=O) groups excluding carboxylic acids is 1. The highest BCUT2D eigenvalue weighted by molar-refractivity contribution is 9.10. The molecule has 0 radical (unpaired) electrons. The zero-order valence-electron chi connectivity index (χ0n) is 9.02. The van der Waals surface area contributed by atoms with Crippen molar-refractivity contribution in [1.29, 1.82) is 0 Å². The quantitative estimate of drug-likeness (QED) is 0.888. The minimum atomic E-state index is -0.483. The van der Waals surface area contributed by atoms with Crippen LogP contribution in [0.25, 0.3) is 0 Å². The van der Waals surface area contributed by atoms with E-state index in [2.05, 4.69) is 21.2 Å². The number of benzene rings is 1. The Bertz CT molecular complexity index is 429. The van der Waals surface area contributed by atoms with E-state index < -0.39 is 5.82 Å². The topological polar surface area (TPSA) is 29.1 Å². The molecule has 0 atom stereocenters. The molecule has 16 heavy (non-hydrogen) atoms. The van der Waals surface area contributed by atoms with Gasteiger partial charge in [-0.2, -0.15) is 0 Å². The van der Waals surface area contributed by atoms with Gasteiger partial charge in [-0.05, 0) is 44.4 Å². The fourth-order valence-electron chi connectivity index (χ4n) is 1.85. The van der Waals surface area contributed by atoms with Crippen LogP contribution >= 0.6 is 15.9 Å². The van der Waals surface area contributed by atoms with Crippen LogP contribution in [0.3, 0.4) is 0 Å². The van der Waals surface area contributed by atoms with E-state index in [0.717, 1.165) is 19.3 Å². The first-order chi connectivity index (χ1) is 7.50. The normalized spacial score (nSPS) is 17.7. The predicted octanol–water partition coefficient (Wildman–Crippen LogP) is 3.26. The predicted molar refractivity (Wildman–Crippen MR) is 63.8 cm³/mol. The van der Waals surface area contributed by atoms with Crippen molar-refractivity contribution in [3.8, 4) is 0 Å². The molecule has 0 bridgehead atoms. The highest BCUT2D eigenvalue weighted by atomic mass is 79.9. The highest BCUT2D eigenvalue weighted by Crippen LogP contribution is 2.31. The van der Waals surface area contributed by atoms with Gasteiger partial charge in [0.05, 0.1) is 5.56 Å². The van der Waals surface area contributed by atoms with Crippen LogP contribution in [0.4, 0.5) is 4.39 Å². The van der Waals surface area contributed by atoms with Crippen LogP contribution in [-0.2, 0) is 0 Å². The van der Waals surface area contributed by atoms with E-state index in [4.69, 9.17) is 0 Å². The van der Waals surface area contributed by atoms with Gasteiger partial charge in [-0.1, -0.05) is 15.9 Å². The standard InChI is InChI=1S/C12H13BrFNO/c1-12(5-2-6-12)15-11(16)9-7-8(13)3-4-10(9)14/h3-4,7H,2,5-6H2,1H3,(H,15,16). The summed E-state index contributed by atoms with van der Waals surface area (Å²) in [5.41, 5.74) is -0.0474. The van der Waals surface area contributed by atoms with Crippen molar-refractivity contribution in [3.05, 3.63) is 34.1 Å². The molecule has 1 aliphatic carbocycles. The second-order valence-electron chi connectivity index (χ2n) is 4.49. The molecule has 1 amide bonds. The van der Waals surface area contributed by atoms with E-state index in [1.807, 2.05) is 6.92 Å². The highest BCUT2D eigenvalue weighted by Gasteiger charge is 2.33. The molecule has 1 fully saturated rings. The lowest BCUT2D eigenvalue weighted by molar-refractivity contribution is 0.0846. The lowest BCUT2D eigenvalue weighted by atomic mass is 9.78. The van der Waals surface area contributed by atoms with Crippen molar-refractivity contribution in [3.63, 3.8) is 0 Å². The van der Waals surface area contributed by atoms with Crippen molar-refractivity contribution in [2.45, 2.75) is 31.7 Å². The minimum Gasteiger partial charge on any atom is -0.347 e. The molecule has 2 nitrogen and oxygen atoms in total. The maximum Gasteiger partial charge on any atom is 0.254 e. The summed E-state index contributed by atoms with van der Waals surface area (Å²) in [5.74, 6) is -0.815. The van der Waals surface area contributed by atoms with Crippen LogP contribution in [0, 0.1) is 5.82 Å². The van der Waals surface area contributed by atoms with Gasteiger partial charge in [-0.15, -0.1) is 0 Å². The molecule has 1 N–H and O–H groups in total. The number of carbonyl (C=O) groups is 1. The summed E-state index contributed by atoms with van der Waals surface area (Å²) >= 11 is 3.23. The Hall–Kier alpha value is -0.900. The van der Waals surface area contributed by atoms with E-state index in [1.165, 1.54) is 12.1 Å². The summed E-state index contributed by atoms with van der Waals surface area (Å²) < 4.78 is 14.1. The van der Waals surface area contributed by atoms with Crippen molar-refractivity contribution >= 4 is 21.8 Å². The number of nitrogens with one attached hydrogen (secondary N) is 1. The Morgan fingerprint density at radius 3 is 2.75 bits per heavy atom. The SMILES string of the molecule is CC1(NC(=O)c2cc(Br)ccc2F)CCC1. The third kappa shape index (κ3) is 2.26. The largest absolute Gasteiger partial charge is 0.347 e. The summed E-state index contributed by atoms with van der Waals surface area (Å²) in [6, 6.07) is 4.38. The van der Waals surface area contributed by atoms with Crippen molar-refractivity contribution in [2.24, 2.45) is 0 Å². The van der Waals surface area contributed by atoms with Gasteiger partial charge in [0, 0.05) is 10.0 Å². The average Bonchev–Trinajstić information content (AvgIpc) is 2.19. The molecule has 0 saturated heterocycles. The lowest BCUT2D eigenvalue weighted by Crippen LogP contribution is -2.51. The first-order valence-electron chi connectivity index (χ1n) is 5.28. The first-order valence-corrected chi connectivity index (χ1v) is 6.07. The van der Waals surface area contributed by atoms with Crippen molar-refractivity contribution in [1.82, 2.24) is 5.32 Å². The third-order valence-electron chi connectivity index (χ3n) is 3.05. The second kappa shape index (κ2) is 4.17. The van der Waals surface area contributed by atoms with E-state index in [-0.39, 0.29) is 17.0 Å². The van der Waals surface area contributed by atoms with Crippen LogP contribution in [0.1, 0.15) is 36.5 Å². The third-order valence-corrected chi connectivity index (χ3v) is 3.54. The summed E-state index contributed by atoms with van der Waals surface area (Å²) in [7, 11) is 0. The zero-order chi connectivity index (χ0) is 11.8. The van der Waals surface area contributed by atoms with E-state index in [1.54, 1.807) is 6.07 Å². The van der Waals surface area contributed by atoms with Crippen LogP contribution in [0.5, 0.6) is 0 Å². The molecular weight excluding hydrogens is 273 g/mol. The average molecular weight is 286 g/mol. The first kappa shape index (κ1) is 11.6. The maximum atomic E-state index is 13.4. The van der Waals surface area contributed by atoms with Crippen LogP contribution in [0.2, 0.25) is 0 Å². The van der Waals surface area contributed by atoms with Crippen molar-refractivity contribution in [2.75, 3.05) is 0 Å². The Kier molecular flexibility index (Phi) is 3.02. The second-order valence-corrected chi connectivity index (χ2v) is 5.41. The van der Waals surface area contributed by atoms with Crippen LogP contribution in [0.15, 0.2) is 22.7 Å². The molecule has 1 aromatic rings. The van der Waals surface area contributed by atoms with E-state index in [9.17, 15) is 9.18 Å². The Labute approximate surface area is 102 Å². The summed E-state index contributed by atoms with van der Waals surface area (Å²) in [6.45, 7) is 1.99. The van der Waals surface area contributed by atoms with Crippen molar-refractivity contribution < 1.29 is 9.18 Å². The van der Waals surface area contributed by atoms with Gasteiger partial charge >= 0.3 is 0 Å². The molecule has 4 heteroatoms. The molecule has 1 aromatic carbocycles. The molecule has 0 spiro atoms. The molecule has 1 aliphatic rings. The molecule has 0 aromatic heterocycles. The molecule has 0 heterocycles. The Morgan fingerprint density at radius 1 is 1.50 bits per heavy atom. The lowest BCUT2D eigenvalue weighted by Gasteiger charge is -2.39. The van der Waals surface area contributed by atoms with Gasteiger partial charge in [-0.25, -0.2) is 4.39 Å². The smallest absolute Gasteiger partial charge is 0.254 e. The molecule has 2 rings (SSSR count). The zero-order valence-corrected chi connectivity index (χ0v) is 10.6. The summed E-state index contributed by atoms with van der Waals surface area (Å²) in [6.07, 6.45) is 3.06. The minimum absolute atomic E-state index is 0.0995. The monoisotopic (exact) mass is 285 g/mol. The summed E-state index contributed by atoms with van der Waals surface area (Å²) in [5, 5.41) is 2.88. The van der Waals surface area contributed by atoms with Gasteiger partial charge in [0.2, 0.25) is 0 Å². The van der Waals surface area contributed by atoms with Gasteiger partial charge in [0.1, 0.15) is 5.82 Å². The summed E-state index contributed by atoms with van der Waals surface area (Å²) in [4.78, 5) is 11.9. The van der Waals surface area contributed by atoms with Gasteiger partial charge in [0.15, 0.2) is 0 Å². The Morgan fingerprint density at radius 2 is 2.19 bits per heavy atom. The molecule has 86 valence electrons. The van der Waals surface area contributed by atoms with Gasteiger partial charge in [-0.3, -0.25) is 4.79 Å². The number of hydrogen-bond acceptors (Lipinski definition) is 1. The molecule has 0 aliphatic heterocycles. The molecule has 0 unspecified atom stereocenters. The van der Waals surface area contributed by atoms with E-state index in [0.29, 0.717) is 4.47 Å². The van der Waals surface area contributed by atoms with Gasteiger partial charge in [0.25, 0.3) is 5.91 Å². The van der Waals surface area contributed by atoms with E-state index >= 15 is 0 Å². The van der Waals surface area contributed by atoms with Crippen LogP contribution in [-0.4, -0.2) is 11.4 Å². The van der Waals surface area contributed by atoms with Gasteiger partial charge < -0.3 is 5.32 Å². The fraction of sp³-hybridized carbons (Fsp3) is 0.417. The number of hydrogen-bond donors (Lipinski definition) is 1. The van der Waals surface area contributed by atoms with Crippen LogP contribution < -0.4 is 5.32 Å².